The molecule has 0 aliphatic carbocycles. The van der Waals surface area contributed by atoms with Gasteiger partial charge in [-0.15, -0.1) is 0 Å². The van der Waals surface area contributed by atoms with Crippen LogP contribution in [0.5, 0.6) is 0 Å². The highest BCUT2D eigenvalue weighted by atomic mass is 16.2. The minimum Gasteiger partial charge on any atom is -0.341 e. The normalized spacial score (nSPS) is 15.4. The van der Waals surface area contributed by atoms with Gasteiger partial charge in [-0.2, -0.15) is 0 Å². The average Bonchev–Trinajstić information content (AvgIpc) is 2.58. The van der Waals surface area contributed by atoms with Crippen LogP contribution in [0.4, 0.5) is 0 Å². The third-order valence-electron chi connectivity index (χ3n) is 3.43. The molecule has 0 saturated carbocycles. The van der Waals surface area contributed by atoms with Crippen LogP contribution in [0.1, 0.15) is 25.0 Å². The van der Waals surface area contributed by atoms with Crippen LogP contribution >= 0.6 is 0 Å². The molecule has 0 unspecified atom stereocenters. The number of hydrogen-bond acceptors (Lipinski definition) is 2. The predicted octanol–water partition coefficient (Wildman–Crippen LogP) is 1.61. The van der Waals surface area contributed by atoms with Crippen LogP contribution in [0.15, 0.2) is 24.3 Å². The van der Waals surface area contributed by atoms with Crippen LogP contribution in [0.25, 0.3) is 0 Å². The lowest BCUT2D eigenvalue weighted by molar-refractivity contribution is -0.130. The molecule has 18 heavy (non-hydrogen) atoms. The van der Waals surface area contributed by atoms with Crippen LogP contribution in [-0.2, 0) is 17.6 Å². The minimum absolute atomic E-state index is 0.219. The number of nitrogens with one attached hydrogen (secondary N) is 1. The molecule has 0 spiro atoms. The van der Waals surface area contributed by atoms with E-state index in [1.807, 2.05) is 4.90 Å². The first kappa shape index (κ1) is 13.1. The van der Waals surface area contributed by atoms with Crippen LogP contribution in [0.3, 0.4) is 0 Å². The van der Waals surface area contributed by atoms with E-state index in [1.54, 1.807) is 0 Å². The molecule has 0 atom stereocenters. The second-order valence-corrected chi connectivity index (χ2v) is 5.19. The molecule has 3 nitrogen and oxygen atoms in total. The summed E-state index contributed by atoms with van der Waals surface area (Å²) in [7, 11) is 0. The molecule has 0 aromatic heterocycles. The van der Waals surface area contributed by atoms with Gasteiger partial charge < -0.3 is 10.2 Å². The van der Waals surface area contributed by atoms with Crippen LogP contribution in [-0.4, -0.2) is 36.5 Å². The first-order valence-corrected chi connectivity index (χ1v) is 6.75. The number of benzene rings is 1. The van der Waals surface area contributed by atoms with E-state index in [9.17, 15) is 4.79 Å². The first-order chi connectivity index (χ1) is 8.66. The predicted molar refractivity (Wildman–Crippen MR) is 73.6 cm³/mol. The van der Waals surface area contributed by atoms with Crippen molar-refractivity contribution in [2.24, 2.45) is 0 Å². The summed E-state index contributed by atoms with van der Waals surface area (Å²) < 4.78 is 0. The Morgan fingerprint density at radius 2 is 1.78 bits per heavy atom. The molecule has 0 radical (unpaired) electrons. The van der Waals surface area contributed by atoms with Gasteiger partial charge >= 0.3 is 0 Å². The summed E-state index contributed by atoms with van der Waals surface area (Å²) in [5, 5.41) is 3.19. The smallest absolute Gasteiger partial charge is 0.236 e. The van der Waals surface area contributed by atoms with Gasteiger partial charge in [-0.05, 0) is 24.0 Å². The van der Waals surface area contributed by atoms with E-state index < -0.39 is 0 Å². The van der Waals surface area contributed by atoms with Crippen LogP contribution < -0.4 is 5.32 Å². The Kier molecular flexibility index (Phi) is 4.37. The molecule has 2 rings (SSSR count). The van der Waals surface area contributed by atoms with E-state index in [0.717, 1.165) is 25.9 Å². The molecule has 1 heterocycles. The van der Waals surface area contributed by atoms with E-state index in [0.29, 0.717) is 12.6 Å². The van der Waals surface area contributed by atoms with Crippen molar-refractivity contribution in [1.82, 2.24) is 10.2 Å². The molecule has 1 amide bonds. The topological polar surface area (TPSA) is 32.3 Å². The van der Waals surface area contributed by atoms with Crippen molar-refractivity contribution in [1.29, 1.82) is 0 Å². The zero-order valence-corrected chi connectivity index (χ0v) is 11.3. The van der Waals surface area contributed by atoms with E-state index in [2.05, 4.69) is 43.4 Å². The highest BCUT2D eigenvalue weighted by Crippen LogP contribution is 2.15. The molecular weight excluding hydrogens is 224 g/mol. The van der Waals surface area contributed by atoms with E-state index in [4.69, 9.17) is 0 Å². The molecule has 0 fully saturated rings. The fourth-order valence-corrected chi connectivity index (χ4v) is 2.32. The monoisotopic (exact) mass is 246 g/mol. The Hall–Kier alpha value is -1.35. The fourth-order valence-electron chi connectivity index (χ4n) is 2.32. The van der Waals surface area contributed by atoms with Gasteiger partial charge in [0.05, 0.1) is 6.54 Å². The summed E-state index contributed by atoms with van der Waals surface area (Å²) >= 11 is 0. The second kappa shape index (κ2) is 6.01. The van der Waals surface area contributed by atoms with Crippen molar-refractivity contribution < 1.29 is 4.79 Å². The maximum absolute atomic E-state index is 12.1. The molecular formula is C15H22N2O. The second-order valence-electron chi connectivity index (χ2n) is 5.19. The van der Waals surface area contributed by atoms with Crippen LogP contribution in [0.2, 0.25) is 0 Å². The van der Waals surface area contributed by atoms with Crippen molar-refractivity contribution >= 4 is 5.91 Å². The lowest BCUT2D eigenvalue weighted by Crippen LogP contribution is -2.41. The standard InChI is InChI=1S/C15H22N2O/c1-12(2)16-11-15(18)17-9-7-13-5-3-4-6-14(13)8-10-17/h3-6,12,16H,7-11H2,1-2H3. The first-order valence-electron chi connectivity index (χ1n) is 6.75. The van der Waals surface area contributed by atoms with Gasteiger partial charge in [-0.1, -0.05) is 38.1 Å². The number of carbonyl (C=O) groups is 1. The summed E-state index contributed by atoms with van der Waals surface area (Å²) in [6.45, 7) is 6.26. The third-order valence-corrected chi connectivity index (χ3v) is 3.43. The van der Waals surface area contributed by atoms with Gasteiger partial charge in [-0.3, -0.25) is 4.79 Å². The SMILES string of the molecule is CC(C)NCC(=O)N1CCc2ccccc2CC1. The summed E-state index contributed by atoms with van der Waals surface area (Å²) in [6, 6.07) is 8.87. The maximum Gasteiger partial charge on any atom is 0.236 e. The van der Waals surface area contributed by atoms with Gasteiger partial charge in [0, 0.05) is 19.1 Å². The van der Waals surface area contributed by atoms with Crippen LogP contribution in [0, 0.1) is 0 Å². The number of hydrogen-bond donors (Lipinski definition) is 1. The molecule has 98 valence electrons. The van der Waals surface area contributed by atoms with Gasteiger partial charge in [0.2, 0.25) is 5.91 Å². The highest BCUT2D eigenvalue weighted by molar-refractivity contribution is 5.78. The highest BCUT2D eigenvalue weighted by Gasteiger charge is 2.17. The van der Waals surface area contributed by atoms with E-state index in [-0.39, 0.29) is 5.91 Å². The molecule has 3 heteroatoms. The van der Waals surface area contributed by atoms with E-state index in [1.165, 1.54) is 11.1 Å². The number of nitrogens with zero attached hydrogens (tertiary/aromatic N) is 1. The average molecular weight is 246 g/mol. The molecule has 1 aliphatic rings. The van der Waals surface area contributed by atoms with Crippen molar-refractivity contribution in [2.45, 2.75) is 32.7 Å². The molecule has 1 aromatic carbocycles. The fraction of sp³-hybridized carbons (Fsp3) is 0.533. The van der Waals surface area contributed by atoms with Crippen molar-refractivity contribution in [3.63, 3.8) is 0 Å². The third kappa shape index (κ3) is 3.33. The van der Waals surface area contributed by atoms with Crippen molar-refractivity contribution in [2.75, 3.05) is 19.6 Å². The lowest BCUT2D eigenvalue weighted by atomic mass is 10.0. The number of fused-ring (bicyclic) bond motifs is 1. The van der Waals surface area contributed by atoms with Crippen molar-refractivity contribution in [3.05, 3.63) is 35.4 Å². The summed E-state index contributed by atoms with van der Waals surface area (Å²) in [6.07, 6.45) is 1.95. The summed E-state index contributed by atoms with van der Waals surface area (Å²) in [5.41, 5.74) is 2.79. The van der Waals surface area contributed by atoms with Gasteiger partial charge in [0.1, 0.15) is 0 Å². The van der Waals surface area contributed by atoms with Gasteiger partial charge in [0.25, 0.3) is 0 Å². The zero-order valence-electron chi connectivity index (χ0n) is 11.3. The Morgan fingerprint density at radius 1 is 1.22 bits per heavy atom. The number of carbonyl (C=O) groups excluding carboxylic acids is 1. The number of amides is 1. The van der Waals surface area contributed by atoms with Gasteiger partial charge in [0.15, 0.2) is 0 Å². The Morgan fingerprint density at radius 3 is 2.28 bits per heavy atom. The number of rotatable bonds is 3. The molecule has 0 saturated heterocycles. The Balaban J connectivity index is 1.93. The summed E-state index contributed by atoms with van der Waals surface area (Å²) in [5.74, 6) is 0.219. The quantitative estimate of drug-likeness (QED) is 0.879. The largest absolute Gasteiger partial charge is 0.341 e. The molecule has 1 aromatic rings. The van der Waals surface area contributed by atoms with Gasteiger partial charge in [-0.25, -0.2) is 0 Å². The Labute approximate surface area is 109 Å². The molecule has 1 N–H and O–H groups in total. The minimum atomic E-state index is 0.219. The van der Waals surface area contributed by atoms with E-state index >= 15 is 0 Å². The molecule has 0 bridgehead atoms. The molecule has 1 aliphatic heterocycles. The lowest BCUT2D eigenvalue weighted by Gasteiger charge is -2.21. The zero-order chi connectivity index (χ0) is 13.0. The maximum atomic E-state index is 12.1. The Bertz CT molecular complexity index is 388. The summed E-state index contributed by atoms with van der Waals surface area (Å²) in [4.78, 5) is 14.1. The van der Waals surface area contributed by atoms with Crippen molar-refractivity contribution in [3.8, 4) is 0 Å².